The van der Waals surface area contributed by atoms with Gasteiger partial charge in [0, 0.05) is 18.3 Å². The quantitative estimate of drug-likeness (QED) is 0.807. The van der Waals surface area contributed by atoms with E-state index >= 15 is 0 Å². The molecule has 5 heteroatoms. The second-order valence-corrected chi connectivity index (χ2v) is 3.59. The van der Waals surface area contributed by atoms with Crippen LogP contribution in [0.5, 0.6) is 0 Å². The first kappa shape index (κ1) is 9.64. The number of imidazole rings is 1. The summed E-state index contributed by atoms with van der Waals surface area (Å²) >= 11 is 0. The van der Waals surface area contributed by atoms with Gasteiger partial charge in [0.1, 0.15) is 5.82 Å². The Morgan fingerprint density at radius 1 is 1.53 bits per heavy atom. The highest BCUT2D eigenvalue weighted by Gasteiger charge is 2.18. The number of hydrogen-bond donors (Lipinski definition) is 1. The summed E-state index contributed by atoms with van der Waals surface area (Å²) in [5.41, 5.74) is 0.410. The van der Waals surface area contributed by atoms with Gasteiger partial charge in [-0.3, -0.25) is 4.40 Å². The minimum absolute atomic E-state index is 0.0132. The molecular weight excluding hydrogens is 194 g/mol. The lowest BCUT2D eigenvalue weighted by atomic mass is 10.2. The zero-order valence-corrected chi connectivity index (χ0v) is 8.51. The van der Waals surface area contributed by atoms with Crippen LogP contribution in [0.4, 0.5) is 0 Å². The van der Waals surface area contributed by atoms with E-state index in [2.05, 4.69) is 9.97 Å². The lowest BCUT2D eigenvalue weighted by molar-refractivity contribution is 0.0693. The van der Waals surface area contributed by atoms with Crippen LogP contribution in [0.15, 0.2) is 18.5 Å². The van der Waals surface area contributed by atoms with Crippen molar-refractivity contribution in [2.24, 2.45) is 0 Å². The van der Waals surface area contributed by atoms with Crippen molar-refractivity contribution in [1.82, 2.24) is 14.4 Å². The average molecular weight is 205 g/mol. The van der Waals surface area contributed by atoms with Crippen molar-refractivity contribution in [1.29, 1.82) is 0 Å². The number of carbonyl (C=O) groups is 1. The Kier molecular flexibility index (Phi) is 2.15. The maximum absolute atomic E-state index is 10.9. The lowest BCUT2D eigenvalue weighted by Gasteiger charge is -2.01. The third-order valence-electron chi connectivity index (χ3n) is 2.15. The summed E-state index contributed by atoms with van der Waals surface area (Å²) in [7, 11) is 0. The van der Waals surface area contributed by atoms with Gasteiger partial charge in [-0.05, 0) is 6.07 Å². The van der Waals surface area contributed by atoms with Gasteiger partial charge in [-0.2, -0.15) is 0 Å². The Hall–Kier alpha value is -1.91. The van der Waals surface area contributed by atoms with Crippen molar-refractivity contribution < 1.29 is 9.90 Å². The second-order valence-electron chi connectivity index (χ2n) is 3.59. The molecule has 0 aliphatic heterocycles. The van der Waals surface area contributed by atoms with Gasteiger partial charge in [0.05, 0.1) is 0 Å². The van der Waals surface area contributed by atoms with Gasteiger partial charge in [0.25, 0.3) is 0 Å². The van der Waals surface area contributed by atoms with E-state index in [9.17, 15) is 4.79 Å². The van der Waals surface area contributed by atoms with E-state index in [1.54, 1.807) is 22.9 Å². The maximum Gasteiger partial charge on any atom is 0.358 e. The van der Waals surface area contributed by atoms with Crippen LogP contribution in [-0.2, 0) is 0 Å². The minimum Gasteiger partial charge on any atom is -0.476 e. The number of aromatic carboxylic acids is 1. The molecule has 0 aliphatic carbocycles. The number of rotatable bonds is 2. The fourth-order valence-electron chi connectivity index (χ4n) is 1.50. The Morgan fingerprint density at radius 3 is 2.87 bits per heavy atom. The third kappa shape index (κ3) is 1.45. The molecule has 0 saturated heterocycles. The summed E-state index contributed by atoms with van der Waals surface area (Å²) in [6, 6.07) is 1.76. The molecule has 0 spiro atoms. The maximum atomic E-state index is 10.9. The molecule has 0 saturated carbocycles. The Bertz CT molecular complexity index is 516. The molecule has 15 heavy (non-hydrogen) atoms. The van der Waals surface area contributed by atoms with E-state index in [4.69, 9.17) is 5.11 Å². The Morgan fingerprint density at radius 2 is 2.27 bits per heavy atom. The molecule has 2 heterocycles. The summed E-state index contributed by atoms with van der Waals surface area (Å²) in [6.45, 7) is 3.93. The highest BCUT2D eigenvalue weighted by atomic mass is 16.4. The fourth-order valence-corrected chi connectivity index (χ4v) is 1.50. The Labute approximate surface area is 86.4 Å². The van der Waals surface area contributed by atoms with Crippen LogP contribution < -0.4 is 0 Å². The summed E-state index contributed by atoms with van der Waals surface area (Å²) < 4.78 is 1.72. The van der Waals surface area contributed by atoms with Crippen molar-refractivity contribution in [3.05, 3.63) is 30.0 Å². The number of hydrogen-bond acceptors (Lipinski definition) is 3. The van der Waals surface area contributed by atoms with E-state index in [1.807, 2.05) is 13.8 Å². The molecule has 0 aromatic carbocycles. The zero-order chi connectivity index (χ0) is 11.0. The highest BCUT2D eigenvalue weighted by molar-refractivity contribution is 5.92. The Balaban J connectivity index is 2.79. The number of nitrogens with zero attached hydrogens (tertiary/aromatic N) is 3. The van der Waals surface area contributed by atoms with Crippen LogP contribution in [0.1, 0.15) is 36.1 Å². The molecule has 2 rings (SSSR count). The van der Waals surface area contributed by atoms with Crippen molar-refractivity contribution in [3.8, 4) is 0 Å². The van der Waals surface area contributed by atoms with Gasteiger partial charge in [-0.1, -0.05) is 13.8 Å². The molecular formula is C10H11N3O2. The molecule has 5 nitrogen and oxygen atoms in total. The molecule has 0 amide bonds. The number of carboxylic acid groups (broad SMARTS) is 1. The monoisotopic (exact) mass is 205 g/mol. The molecule has 78 valence electrons. The smallest absolute Gasteiger partial charge is 0.358 e. The molecule has 0 aliphatic rings. The first-order chi connectivity index (χ1) is 7.11. The summed E-state index contributed by atoms with van der Waals surface area (Å²) in [6.07, 6.45) is 3.34. The number of carboxylic acids is 1. The first-order valence-corrected chi connectivity index (χ1v) is 4.67. The van der Waals surface area contributed by atoms with Crippen LogP contribution in [0.25, 0.3) is 5.65 Å². The van der Waals surface area contributed by atoms with E-state index in [0.29, 0.717) is 5.65 Å². The van der Waals surface area contributed by atoms with Crippen LogP contribution in [0, 0.1) is 0 Å². The highest BCUT2D eigenvalue weighted by Crippen LogP contribution is 2.17. The largest absolute Gasteiger partial charge is 0.476 e. The van der Waals surface area contributed by atoms with Crippen molar-refractivity contribution >= 4 is 11.6 Å². The standard InChI is InChI=1S/C10H11N3O2/c1-6(2)8-12-7(10(14)15)9-11-4-3-5-13(8)9/h3-6H,1-2H3,(H,14,15). The predicted molar refractivity (Wildman–Crippen MR) is 54.0 cm³/mol. The van der Waals surface area contributed by atoms with E-state index in [0.717, 1.165) is 5.82 Å². The molecule has 1 N–H and O–H groups in total. The molecule has 0 atom stereocenters. The molecule has 2 aromatic heterocycles. The van der Waals surface area contributed by atoms with Gasteiger partial charge >= 0.3 is 5.97 Å². The van der Waals surface area contributed by atoms with Gasteiger partial charge in [-0.15, -0.1) is 0 Å². The van der Waals surface area contributed by atoms with E-state index < -0.39 is 5.97 Å². The topological polar surface area (TPSA) is 67.5 Å². The average Bonchev–Trinajstić information content (AvgIpc) is 2.56. The molecule has 0 bridgehead atoms. The predicted octanol–water partition coefficient (Wildman–Crippen LogP) is 1.55. The normalized spacial score (nSPS) is 11.1. The van der Waals surface area contributed by atoms with Crippen LogP contribution in [-0.4, -0.2) is 25.4 Å². The summed E-state index contributed by atoms with van der Waals surface area (Å²) in [5.74, 6) is -0.164. The SMILES string of the molecule is CC(C)c1nc(C(=O)O)c2ncccn12. The van der Waals surface area contributed by atoms with Crippen LogP contribution in [0.2, 0.25) is 0 Å². The van der Waals surface area contributed by atoms with Gasteiger partial charge in [0.15, 0.2) is 11.3 Å². The minimum atomic E-state index is -1.04. The lowest BCUT2D eigenvalue weighted by Crippen LogP contribution is -1.98. The molecule has 0 fully saturated rings. The summed E-state index contributed by atoms with van der Waals surface area (Å²) in [4.78, 5) is 19.0. The first-order valence-electron chi connectivity index (χ1n) is 4.67. The summed E-state index contributed by atoms with van der Waals surface area (Å²) in [5, 5.41) is 8.96. The van der Waals surface area contributed by atoms with Gasteiger partial charge in [-0.25, -0.2) is 14.8 Å². The van der Waals surface area contributed by atoms with Crippen LogP contribution in [0.3, 0.4) is 0 Å². The van der Waals surface area contributed by atoms with E-state index in [1.165, 1.54) is 0 Å². The van der Waals surface area contributed by atoms with E-state index in [-0.39, 0.29) is 11.6 Å². The van der Waals surface area contributed by atoms with Crippen LogP contribution >= 0.6 is 0 Å². The molecule has 0 unspecified atom stereocenters. The number of aromatic nitrogens is 3. The van der Waals surface area contributed by atoms with Gasteiger partial charge < -0.3 is 5.11 Å². The number of fused-ring (bicyclic) bond motifs is 1. The zero-order valence-electron chi connectivity index (χ0n) is 8.51. The third-order valence-corrected chi connectivity index (χ3v) is 2.15. The molecule has 2 aromatic rings. The van der Waals surface area contributed by atoms with Crippen molar-refractivity contribution in [2.45, 2.75) is 19.8 Å². The van der Waals surface area contributed by atoms with Crippen molar-refractivity contribution in [2.75, 3.05) is 0 Å². The fraction of sp³-hybridized carbons (Fsp3) is 0.300. The second kappa shape index (κ2) is 3.34. The van der Waals surface area contributed by atoms with Crippen molar-refractivity contribution in [3.63, 3.8) is 0 Å². The molecule has 0 radical (unpaired) electrons. The van der Waals surface area contributed by atoms with Gasteiger partial charge in [0.2, 0.25) is 0 Å².